The van der Waals surface area contributed by atoms with Crippen molar-refractivity contribution >= 4 is 16.9 Å². The van der Waals surface area contributed by atoms with Crippen LogP contribution in [0.1, 0.15) is 18.3 Å². The molecule has 0 bridgehead atoms. The van der Waals surface area contributed by atoms with Gasteiger partial charge < -0.3 is 9.64 Å². The van der Waals surface area contributed by atoms with E-state index in [-0.39, 0.29) is 11.6 Å². The van der Waals surface area contributed by atoms with Crippen molar-refractivity contribution in [1.82, 2.24) is 35.2 Å². The first-order valence-electron chi connectivity index (χ1n) is 9.70. The molecule has 5 rings (SSSR count). The molecule has 12 heteroatoms. The molecule has 4 aromatic heterocycles. The third kappa shape index (κ3) is 3.23. The molecule has 31 heavy (non-hydrogen) atoms. The maximum Gasteiger partial charge on any atom is 0.435 e. The van der Waals surface area contributed by atoms with Crippen LogP contribution in [0.25, 0.3) is 28.0 Å². The predicted octanol–water partition coefficient (Wildman–Crippen LogP) is 3.09. The van der Waals surface area contributed by atoms with Crippen molar-refractivity contribution in [2.24, 2.45) is 0 Å². The largest absolute Gasteiger partial charge is 0.435 e. The second-order valence-electron chi connectivity index (χ2n) is 7.45. The second kappa shape index (κ2) is 7.08. The molecule has 5 heterocycles. The van der Waals surface area contributed by atoms with Crippen LogP contribution in [0.2, 0.25) is 0 Å². The molecule has 162 valence electrons. The number of rotatable bonds is 3. The molecule has 1 saturated heterocycles. The molecular weight excluding hydrogens is 413 g/mol. The van der Waals surface area contributed by atoms with Crippen LogP contribution in [0.3, 0.4) is 0 Å². The molecule has 0 spiro atoms. The third-order valence-corrected chi connectivity index (χ3v) is 5.39. The number of nitrogens with one attached hydrogen (secondary N) is 2. The van der Waals surface area contributed by atoms with E-state index in [1.165, 1.54) is 10.9 Å². The van der Waals surface area contributed by atoms with E-state index in [0.717, 1.165) is 0 Å². The summed E-state index contributed by atoms with van der Waals surface area (Å²) >= 11 is 0. The molecule has 1 aliphatic rings. The van der Waals surface area contributed by atoms with E-state index in [0.29, 0.717) is 53.7 Å². The zero-order chi connectivity index (χ0) is 21.8. The summed E-state index contributed by atoms with van der Waals surface area (Å²) in [6, 6.07) is 3.40. The lowest BCUT2D eigenvalue weighted by Crippen LogP contribution is -2.44. The molecular formula is C19H19F3N8O. The number of ether oxygens (including phenoxy) is 1. The van der Waals surface area contributed by atoms with Crippen molar-refractivity contribution in [1.29, 1.82) is 0 Å². The number of aryl methyl sites for hydroxylation is 1. The molecule has 0 amide bonds. The van der Waals surface area contributed by atoms with Crippen LogP contribution >= 0.6 is 0 Å². The van der Waals surface area contributed by atoms with E-state index in [2.05, 4.69) is 25.5 Å². The number of halogens is 3. The van der Waals surface area contributed by atoms with Crippen molar-refractivity contribution in [3.05, 3.63) is 35.9 Å². The summed E-state index contributed by atoms with van der Waals surface area (Å²) in [4.78, 5) is 6.80. The van der Waals surface area contributed by atoms with Gasteiger partial charge in [0.2, 0.25) is 0 Å². The molecule has 0 radical (unpaired) electrons. The van der Waals surface area contributed by atoms with E-state index in [1.54, 1.807) is 25.3 Å². The summed E-state index contributed by atoms with van der Waals surface area (Å²) in [5, 5.41) is 17.6. The highest BCUT2D eigenvalue weighted by atomic mass is 19.4. The number of aromatic nitrogens is 7. The maximum atomic E-state index is 13.7. The highest BCUT2D eigenvalue weighted by Crippen LogP contribution is 2.41. The first kappa shape index (κ1) is 19.5. The fraction of sp³-hybridized carbons (Fsp3) is 0.368. The first-order valence-corrected chi connectivity index (χ1v) is 9.70. The van der Waals surface area contributed by atoms with Crippen LogP contribution in [-0.2, 0) is 10.9 Å². The Morgan fingerprint density at radius 3 is 2.81 bits per heavy atom. The lowest BCUT2D eigenvalue weighted by atomic mass is 10.0. The van der Waals surface area contributed by atoms with E-state index in [9.17, 15) is 13.2 Å². The Labute approximate surface area is 174 Å². The van der Waals surface area contributed by atoms with Crippen molar-refractivity contribution in [3.8, 4) is 16.9 Å². The number of aromatic amines is 2. The minimum atomic E-state index is -4.61. The Bertz CT molecular complexity index is 1230. The quantitative estimate of drug-likeness (QED) is 0.516. The summed E-state index contributed by atoms with van der Waals surface area (Å²) < 4.78 is 48.2. The number of hydrogen-bond donors (Lipinski definition) is 2. The van der Waals surface area contributed by atoms with E-state index < -0.39 is 11.9 Å². The monoisotopic (exact) mass is 432 g/mol. The topological polar surface area (TPSA) is 101 Å². The molecule has 0 saturated carbocycles. The number of hydrogen-bond acceptors (Lipinski definition) is 6. The summed E-state index contributed by atoms with van der Waals surface area (Å²) in [6.45, 7) is 5.15. The highest BCUT2D eigenvalue weighted by Gasteiger charge is 2.39. The summed E-state index contributed by atoms with van der Waals surface area (Å²) in [5.41, 5.74) is 0.126. The van der Waals surface area contributed by atoms with Crippen molar-refractivity contribution in [2.45, 2.75) is 26.1 Å². The van der Waals surface area contributed by atoms with Gasteiger partial charge in [-0.15, -0.1) is 0 Å². The van der Waals surface area contributed by atoms with E-state index in [1.807, 2.05) is 11.8 Å². The smallest absolute Gasteiger partial charge is 0.377 e. The van der Waals surface area contributed by atoms with Gasteiger partial charge in [-0.05, 0) is 19.9 Å². The van der Waals surface area contributed by atoms with Crippen LogP contribution in [0.15, 0.2) is 24.5 Å². The van der Waals surface area contributed by atoms with Crippen LogP contribution in [0.4, 0.5) is 19.0 Å². The van der Waals surface area contributed by atoms with Gasteiger partial charge >= 0.3 is 6.18 Å². The molecule has 0 unspecified atom stereocenters. The number of H-pyrrole nitrogens is 2. The van der Waals surface area contributed by atoms with Gasteiger partial charge in [-0.3, -0.25) is 10.2 Å². The minimum absolute atomic E-state index is 0.00813. The van der Waals surface area contributed by atoms with Crippen LogP contribution in [0.5, 0.6) is 0 Å². The minimum Gasteiger partial charge on any atom is -0.377 e. The molecule has 0 aromatic carbocycles. The van der Waals surface area contributed by atoms with Gasteiger partial charge in [0.1, 0.15) is 5.82 Å². The number of morpholine rings is 1. The van der Waals surface area contributed by atoms with Crippen LogP contribution in [0, 0.1) is 6.92 Å². The molecule has 4 aromatic rings. The average Bonchev–Trinajstić information content (AvgIpc) is 3.46. The van der Waals surface area contributed by atoms with Gasteiger partial charge in [0.15, 0.2) is 17.2 Å². The van der Waals surface area contributed by atoms with Crippen molar-refractivity contribution in [3.63, 3.8) is 0 Å². The number of nitrogens with zero attached hydrogens (tertiary/aromatic N) is 6. The number of anilines is 1. The lowest BCUT2D eigenvalue weighted by Gasteiger charge is -2.34. The van der Waals surface area contributed by atoms with Gasteiger partial charge in [0, 0.05) is 34.8 Å². The Balaban J connectivity index is 1.80. The molecule has 1 fully saturated rings. The molecule has 0 aliphatic carbocycles. The Kier molecular flexibility index (Phi) is 4.46. The van der Waals surface area contributed by atoms with Gasteiger partial charge in [0.05, 0.1) is 31.6 Å². The van der Waals surface area contributed by atoms with Crippen molar-refractivity contribution < 1.29 is 17.9 Å². The number of pyridine rings is 1. The van der Waals surface area contributed by atoms with Gasteiger partial charge in [-0.1, -0.05) is 0 Å². The van der Waals surface area contributed by atoms with E-state index in [4.69, 9.17) is 9.72 Å². The van der Waals surface area contributed by atoms with Gasteiger partial charge in [0.25, 0.3) is 0 Å². The van der Waals surface area contributed by atoms with Crippen LogP contribution < -0.4 is 4.90 Å². The van der Waals surface area contributed by atoms with Gasteiger partial charge in [-0.25, -0.2) is 4.98 Å². The SMILES string of the molecule is Cc1[nH]nc(C(F)(F)F)c1-c1cc(N2CCOC[C@H]2C)nc2c1cnn2-c1ccn[nH]1. The van der Waals surface area contributed by atoms with E-state index >= 15 is 0 Å². The Morgan fingerprint density at radius 1 is 1.26 bits per heavy atom. The fourth-order valence-electron chi connectivity index (χ4n) is 3.92. The first-order chi connectivity index (χ1) is 14.8. The Hall–Kier alpha value is -3.41. The zero-order valence-corrected chi connectivity index (χ0v) is 16.7. The summed E-state index contributed by atoms with van der Waals surface area (Å²) in [7, 11) is 0. The second-order valence-corrected chi connectivity index (χ2v) is 7.45. The highest BCUT2D eigenvalue weighted by molar-refractivity contribution is 5.96. The molecule has 9 nitrogen and oxygen atoms in total. The zero-order valence-electron chi connectivity index (χ0n) is 16.7. The lowest BCUT2D eigenvalue weighted by molar-refractivity contribution is -0.140. The van der Waals surface area contributed by atoms with Crippen LogP contribution in [-0.4, -0.2) is 61.0 Å². The normalized spacial score (nSPS) is 17.6. The Morgan fingerprint density at radius 2 is 2.10 bits per heavy atom. The number of alkyl halides is 3. The van der Waals surface area contributed by atoms with Gasteiger partial charge in [-0.2, -0.15) is 33.1 Å². The molecule has 2 N–H and O–H groups in total. The third-order valence-electron chi connectivity index (χ3n) is 5.39. The molecule has 1 atom stereocenters. The standard InChI is InChI=1S/C19H19F3N8O/c1-10-9-31-6-5-29(10)15-7-12(16-11(2)26-28-17(16)19(20,21)22)13-8-24-30(18(13)25-15)14-3-4-23-27-14/h3-4,7-8,10H,5-6,9H2,1-2H3,(H,23,27)(H,26,28)/t10-/m1/s1. The number of fused-ring (bicyclic) bond motifs is 1. The summed E-state index contributed by atoms with van der Waals surface area (Å²) in [5.74, 6) is 1.11. The average molecular weight is 432 g/mol. The molecule has 1 aliphatic heterocycles. The van der Waals surface area contributed by atoms with Crippen molar-refractivity contribution in [2.75, 3.05) is 24.7 Å². The fourth-order valence-corrected chi connectivity index (χ4v) is 3.92. The maximum absolute atomic E-state index is 13.7. The predicted molar refractivity (Wildman–Crippen MR) is 106 cm³/mol. The summed E-state index contributed by atoms with van der Waals surface area (Å²) in [6.07, 6.45) is -1.53.